The van der Waals surface area contributed by atoms with Gasteiger partial charge < -0.3 is 19.3 Å². The Bertz CT molecular complexity index is 1640. The molecule has 2 aromatic heterocycles. The highest BCUT2D eigenvalue weighted by molar-refractivity contribution is 5.95. The molecule has 3 aromatic carbocycles. The number of aryl methyl sites for hydroxylation is 1. The molecule has 0 unspecified atom stereocenters. The largest absolute Gasteiger partial charge is 0.497 e. The van der Waals surface area contributed by atoms with Crippen LogP contribution in [0.4, 0.5) is 5.69 Å². The Balaban J connectivity index is 1.36. The number of anilines is 1. The number of benzene rings is 3. The quantitative estimate of drug-likeness (QED) is 0.293. The van der Waals surface area contributed by atoms with E-state index in [0.29, 0.717) is 24.4 Å². The van der Waals surface area contributed by atoms with Crippen LogP contribution in [0.1, 0.15) is 16.2 Å². The second-order valence-corrected chi connectivity index (χ2v) is 9.79. The normalized spacial score (nSPS) is 13.5. The van der Waals surface area contributed by atoms with E-state index in [1.807, 2.05) is 89.1 Å². The van der Waals surface area contributed by atoms with E-state index in [2.05, 4.69) is 17.0 Å². The van der Waals surface area contributed by atoms with Crippen molar-refractivity contribution >= 4 is 17.2 Å². The van der Waals surface area contributed by atoms with Crippen LogP contribution in [-0.4, -0.2) is 65.8 Å². The average molecular weight is 534 g/mol. The van der Waals surface area contributed by atoms with Crippen molar-refractivity contribution in [1.82, 2.24) is 19.5 Å². The number of nitrogens with zero attached hydrogens (tertiary/aromatic N) is 5. The fraction of sp³-hybridized carbons (Fsp3) is 0.219. The molecule has 6 rings (SSSR count). The fourth-order valence-corrected chi connectivity index (χ4v) is 5.27. The topological polar surface area (TPSA) is 72.2 Å². The maximum atomic E-state index is 13.9. The van der Waals surface area contributed by atoms with Gasteiger partial charge in [0, 0.05) is 43.0 Å². The number of rotatable bonds is 6. The molecule has 8 nitrogen and oxygen atoms in total. The molecule has 1 aliphatic heterocycles. The van der Waals surface area contributed by atoms with Crippen LogP contribution in [0.15, 0.2) is 84.9 Å². The van der Waals surface area contributed by atoms with Crippen molar-refractivity contribution in [2.45, 2.75) is 6.92 Å². The van der Waals surface area contributed by atoms with Gasteiger partial charge >= 0.3 is 0 Å². The van der Waals surface area contributed by atoms with Gasteiger partial charge in [0.25, 0.3) is 5.91 Å². The van der Waals surface area contributed by atoms with E-state index in [-0.39, 0.29) is 5.91 Å². The molecule has 0 bridgehead atoms. The molecule has 1 fully saturated rings. The molecule has 0 saturated carbocycles. The summed E-state index contributed by atoms with van der Waals surface area (Å²) in [6, 6.07) is 27.8. The van der Waals surface area contributed by atoms with Gasteiger partial charge in [-0.2, -0.15) is 5.10 Å². The van der Waals surface area contributed by atoms with Crippen molar-refractivity contribution in [1.29, 1.82) is 0 Å². The number of ether oxygens (including phenoxy) is 2. The van der Waals surface area contributed by atoms with Gasteiger partial charge in [0.15, 0.2) is 5.65 Å². The fourth-order valence-electron chi connectivity index (χ4n) is 5.27. The predicted octanol–water partition coefficient (Wildman–Crippen LogP) is 5.35. The minimum atomic E-state index is -0.0792. The first-order chi connectivity index (χ1) is 19.6. The number of carbonyl (C=O) groups is 1. The molecule has 40 heavy (non-hydrogen) atoms. The molecule has 0 N–H and O–H groups in total. The third-order valence-corrected chi connectivity index (χ3v) is 7.44. The van der Waals surface area contributed by atoms with Crippen molar-refractivity contribution in [3.05, 3.63) is 96.3 Å². The Morgan fingerprint density at radius 2 is 1.40 bits per heavy atom. The van der Waals surface area contributed by atoms with Gasteiger partial charge in [0.1, 0.15) is 17.2 Å². The third-order valence-electron chi connectivity index (χ3n) is 7.44. The number of amides is 1. The van der Waals surface area contributed by atoms with Gasteiger partial charge in [0.2, 0.25) is 0 Å². The van der Waals surface area contributed by atoms with Crippen molar-refractivity contribution in [2.75, 3.05) is 45.3 Å². The van der Waals surface area contributed by atoms with Gasteiger partial charge in [-0.25, -0.2) is 9.50 Å². The molecule has 1 saturated heterocycles. The lowest BCUT2D eigenvalue weighted by molar-refractivity contribution is 0.0741. The van der Waals surface area contributed by atoms with Crippen molar-refractivity contribution in [3.63, 3.8) is 0 Å². The molecular weight excluding hydrogens is 502 g/mol. The van der Waals surface area contributed by atoms with E-state index in [0.717, 1.165) is 58.4 Å². The summed E-state index contributed by atoms with van der Waals surface area (Å²) in [6.07, 6.45) is 0. The first-order valence-corrected chi connectivity index (χ1v) is 13.3. The zero-order valence-corrected chi connectivity index (χ0v) is 22.9. The number of carbonyl (C=O) groups excluding carboxylic acids is 1. The summed E-state index contributed by atoms with van der Waals surface area (Å²) in [7, 11) is 3.31. The first-order valence-electron chi connectivity index (χ1n) is 13.3. The lowest BCUT2D eigenvalue weighted by Gasteiger charge is -2.36. The molecular formula is C32H31N5O3. The van der Waals surface area contributed by atoms with Crippen LogP contribution < -0.4 is 14.4 Å². The van der Waals surface area contributed by atoms with Gasteiger partial charge in [-0.05, 0) is 67.1 Å². The molecule has 0 radical (unpaired) electrons. The Kier molecular flexibility index (Phi) is 6.82. The number of aromatic nitrogens is 3. The van der Waals surface area contributed by atoms with Crippen molar-refractivity contribution in [3.8, 4) is 33.9 Å². The number of hydrogen-bond donors (Lipinski definition) is 0. The van der Waals surface area contributed by atoms with Crippen LogP contribution in [0.3, 0.4) is 0 Å². The van der Waals surface area contributed by atoms with Gasteiger partial charge in [-0.15, -0.1) is 0 Å². The van der Waals surface area contributed by atoms with Gasteiger partial charge in [-0.3, -0.25) is 4.79 Å². The SMILES string of the molecule is COc1ccc(-c2cc(C(=O)N3CCN(c4ccc(OC)cc4)CC3)nc3c(-c4ccccc4)c(C)nn23)cc1. The van der Waals surface area contributed by atoms with Crippen molar-refractivity contribution < 1.29 is 14.3 Å². The highest BCUT2D eigenvalue weighted by Gasteiger charge is 2.26. The van der Waals surface area contributed by atoms with Crippen LogP contribution in [-0.2, 0) is 0 Å². The van der Waals surface area contributed by atoms with Crippen LogP contribution in [0, 0.1) is 6.92 Å². The van der Waals surface area contributed by atoms with Crippen LogP contribution in [0.25, 0.3) is 28.0 Å². The number of piperazine rings is 1. The van der Waals surface area contributed by atoms with E-state index in [1.54, 1.807) is 14.2 Å². The van der Waals surface area contributed by atoms with E-state index in [4.69, 9.17) is 19.6 Å². The summed E-state index contributed by atoms with van der Waals surface area (Å²) in [5.74, 6) is 1.52. The lowest BCUT2D eigenvalue weighted by atomic mass is 10.1. The second kappa shape index (κ2) is 10.7. The molecule has 1 aliphatic rings. The standard InChI is InChI=1S/C32H31N5O3/c1-22-30(24-7-5-4-6-8-24)31-33-28(21-29(37(31)34-22)23-9-13-26(39-2)14-10-23)32(38)36-19-17-35(18-20-36)25-11-15-27(40-3)16-12-25/h4-16,21H,17-20H2,1-3H3. The van der Waals surface area contributed by atoms with Crippen LogP contribution in [0.5, 0.6) is 11.5 Å². The molecule has 202 valence electrons. The van der Waals surface area contributed by atoms with Gasteiger partial charge in [-0.1, -0.05) is 30.3 Å². The Morgan fingerprint density at radius 1 is 0.775 bits per heavy atom. The van der Waals surface area contributed by atoms with E-state index >= 15 is 0 Å². The predicted molar refractivity (Wildman–Crippen MR) is 156 cm³/mol. The Labute approximate surface area is 233 Å². The molecule has 0 atom stereocenters. The Morgan fingerprint density at radius 3 is 2.02 bits per heavy atom. The molecule has 8 heteroatoms. The summed E-state index contributed by atoms with van der Waals surface area (Å²) in [6.45, 7) is 4.69. The maximum Gasteiger partial charge on any atom is 0.272 e. The number of methoxy groups -OCH3 is 2. The third kappa shape index (κ3) is 4.73. The molecule has 1 amide bonds. The van der Waals surface area contributed by atoms with Crippen LogP contribution in [0.2, 0.25) is 0 Å². The zero-order chi connectivity index (χ0) is 27.6. The summed E-state index contributed by atoms with van der Waals surface area (Å²) in [5, 5.41) is 4.86. The van der Waals surface area contributed by atoms with E-state index < -0.39 is 0 Å². The summed E-state index contributed by atoms with van der Waals surface area (Å²) in [4.78, 5) is 23.0. The summed E-state index contributed by atoms with van der Waals surface area (Å²) < 4.78 is 12.5. The average Bonchev–Trinajstić information content (AvgIpc) is 3.36. The molecule has 0 aliphatic carbocycles. The Hall–Kier alpha value is -4.85. The first kappa shape index (κ1) is 25.4. The number of hydrogen-bond acceptors (Lipinski definition) is 6. The van der Waals surface area contributed by atoms with Gasteiger partial charge in [0.05, 0.1) is 25.6 Å². The summed E-state index contributed by atoms with van der Waals surface area (Å²) in [5.41, 5.74) is 6.72. The highest BCUT2D eigenvalue weighted by atomic mass is 16.5. The van der Waals surface area contributed by atoms with E-state index in [9.17, 15) is 4.79 Å². The highest BCUT2D eigenvalue weighted by Crippen LogP contribution is 2.32. The van der Waals surface area contributed by atoms with Crippen molar-refractivity contribution in [2.24, 2.45) is 0 Å². The second-order valence-electron chi connectivity index (χ2n) is 9.79. The number of fused-ring (bicyclic) bond motifs is 1. The van der Waals surface area contributed by atoms with Crippen LogP contribution >= 0.6 is 0 Å². The lowest BCUT2D eigenvalue weighted by Crippen LogP contribution is -2.49. The summed E-state index contributed by atoms with van der Waals surface area (Å²) >= 11 is 0. The minimum Gasteiger partial charge on any atom is -0.497 e. The van der Waals surface area contributed by atoms with E-state index in [1.165, 1.54) is 0 Å². The zero-order valence-electron chi connectivity index (χ0n) is 22.9. The maximum absolute atomic E-state index is 13.9. The molecule has 0 spiro atoms. The monoisotopic (exact) mass is 533 g/mol. The molecule has 5 aromatic rings. The molecule has 3 heterocycles. The smallest absolute Gasteiger partial charge is 0.272 e. The minimum absolute atomic E-state index is 0.0792.